The molecule has 4 rings (SSSR count). The summed E-state index contributed by atoms with van der Waals surface area (Å²) in [6.07, 6.45) is 16.7. The molecule has 0 aromatic carbocycles. The zero-order valence-corrected chi connectivity index (χ0v) is 21.3. The van der Waals surface area contributed by atoms with Crippen molar-refractivity contribution < 1.29 is 9.53 Å². The molecule has 0 radical (unpaired) electrons. The molecule has 31 heavy (non-hydrogen) atoms. The summed E-state index contributed by atoms with van der Waals surface area (Å²) in [4.78, 5) is 11.2. The van der Waals surface area contributed by atoms with E-state index in [1.54, 1.807) is 5.57 Å². The number of halogens is 1. The van der Waals surface area contributed by atoms with Crippen LogP contribution >= 0.6 is 11.6 Å². The second-order valence-corrected chi connectivity index (χ2v) is 12.8. The lowest BCUT2D eigenvalue weighted by molar-refractivity contribution is -0.0573. The van der Waals surface area contributed by atoms with Crippen molar-refractivity contribution in [3.8, 4) is 0 Å². The highest BCUT2D eigenvalue weighted by Gasteiger charge is 2.59. The van der Waals surface area contributed by atoms with Crippen molar-refractivity contribution in [2.75, 3.05) is 0 Å². The maximum atomic E-state index is 11.2. The molecule has 0 spiro atoms. The van der Waals surface area contributed by atoms with Crippen LogP contribution in [0.4, 0.5) is 4.79 Å². The van der Waals surface area contributed by atoms with Gasteiger partial charge >= 0.3 is 5.43 Å². The first-order chi connectivity index (χ1) is 14.6. The summed E-state index contributed by atoms with van der Waals surface area (Å²) in [6, 6.07) is 0. The molecule has 0 aromatic heterocycles. The van der Waals surface area contributed by atoms with Crippen LogP contribution in [0.5, 0.6) is 0 Å². The molecule has 0 aliphatic heterocycles. The van der Waals surface area contributed by atoms with Crippen LogP contribution in [0.3, 0.4) is 0 Å². The Balaban J connectivity index is 1.47. The number of rotatable bonds is 6. The Hall–Kier alpha value is -0.500. The molecule has 3 heteroatoms. The van der Waals surface area contributed by atoms with Gasteiger partial charge in [-0.25, -0.2) is 4.79 Å². The lowest BCUT2D eigenvalue weighted by Gasteiger charge is -2.58. The van der Waals surface area contributed by atoms with E-state index in [1.807, 2.05) is 0 Å². The predicted molar refractivity (Wildman–Crippen MR) is 129 cm³/mol. The van der Waals surface area contributed by atoms with E-state index in [0.29, 0.717) is 10.8 Å². The smallest absolute Gasteiger partial charge is 0.404 e. The molecule has 176 valence electrons. The zero-order valence-electron chi connectivity index (χ0n) is 20.6. The SMILES string of the molecule is CC(C)CCC[C@@H](C)[C@H]1CC[C@H]2[C@@H]3CC=C4C[C@H](OC(=O)Cl)CC[C@]4(C)[C@H]3CC[C@]12C. The first kappa shape index (κ1) is 23.7. The molecule has 8 atom stereocenters. The van der Waals surface area contributed by atoms with Gasteiger partial charge in [0.2, 0.25) is 0 Å². The van der Waals surface area contributed by atoms with E-state index in [0.717, 1.165) is 54.8 Å². The molecule has 0 amide bonds. The van der Waals surface area contributed by atoms with Crippen molar-refractivity contribution in [2.24, 2.45) is 46.3 Å². The number of carbonyl (C=O) groups excluding carboxylic acids is 1. The maximum absolute atomic E-state index is 11.2. The maximum Gasteiger partial charge on any atom is 0.404 e. The Bertz CT molecular complexity index is 699. The fourth-order valence-corrected chi connectivity index (χ4v) is 9.01. The Morgan fingerprint density at radius 2 is 1.87 bits per heavy atom. The van der Waals surface area contributed by atoms with Crippen molar-refractivity contribution in [1.29, 1.82) is 0 Å². The van der Waals surface area contributed by atoms with E-state index in [2.05, 4.69) is 40.7 Å². The molecule has 0 bridgehead atoms. The molecule has 3 fully saturated rings. The highest BCUT2D eigenvalue weighted by Crippen LogP contribution is 2.67. The van der Waals surface area contributed by atoms with Crippen LogP contribution in [0, 0.1) is 46.3 Å². The summed E-state index contributed by atoms with van der Waals surface area (Å²) in [5, 5.41) is 0. The summed E-state index contributed by atoms with van der Waals surface area (Å²) in [7, 11) is 0. The Morgan fingerprint density at radius 1 is 1.10 bits per heavy atom. The number of allylic oxidation sites excluding steroid dienone is 1. The molecule has 4 aliphatic rings. The van der Waals surface area contributed by atoms with Gasteiger partial charge < -0.3 is 4.74 Å². The molecular formula is C28H45ClO2. The van der Waals surface area contributed by atoms with Crippen LogP contribution in [0.25, 0.3) is 0 Å². The monoisotopic (exact) mass is 448 g/mol. The van der Waals surface area contributed by atoms with E-state index in [1.165, 1.54) is 51.4 Å². The minimum absolute atomic E-state index is 0.0164. The topological polar surface area (TPSA) is 26.3 Å². The van der Waals surface area contributed by atoms with Crippen LogP contribution in [0.1, 0.15) is 105 Å². The number of ether oxygens (including phenoxy) is 1. The van der Waals surface area contributed by atoms with Crippen LogP contribution in [0.2, 0.25) is 0 Å². The van der Waals surface area contributed by atoms with E-state index in [-0.39, 0.29) is 6.10 Å². The lowest BCUT2D eigenvalue weighted by Crippen LogP contribution is -2.51. The van der Waals surface area contributed by atoms with Gasteiger partial charge in [-0.05, 0) is 91.3 Å². The zero-order chi connectivity index (χ0) is 22.4. The Kier molecular flexibility index (Phi) is 6.89. The quantitative estimate of drug-likeness (QED) is 0.299. The normalized spacial score (nSPS) is 42.9. The van der Waals surface area contributed by atoms with Gasteiger partial charge in [0.15, 0.2) is 0 Å². The second-order valence-electron chi connectivity index (χ2n) is 12.5. The molecule has 3 saturated carbocycles. The molecule has 4 aliphatic carbocycles. The van der Waals surface area contributed by atoms with Gasteiger partial charge in [-0.3, -0.25) is 0 Å². The van der Waals surface area contributed by atoms with Crippen molar-refractivity contribution in [3.63, 3.8) is 0 Å². The highest BCUT2D eigenvalue weighted by molar-refractivity contribution is 6.61. The second kappa shape index (κ2) is 9.03. The van der Waals surface area contributed by atoms with Crippen molar-refractivity contribution in [3.05, 3.63) is 11.6 Å². The summed E-state index contributed by atoms with van der Waals surface area (Å²) in [5.41, 5.74) is 1.77. The van der Waals surface area contributed by atoms with Gasteiger partial charge in [-0.1, -0.05) is 65.5 Å². The minimum Gasteiger partial charge on any atom is -0.450 e. The van der Waals surface area contributed by atoms with Crippen molar-refractivity contribution >= 4 is 17.0 Å². The van der Waals surface area contributed by atoms with Crippen LogP contribution in [-0.2, 0) is 4.74 Å². The molecule has 0 saturated heterocycles. The van der Waals surface area contributed by atoms with Crippen molar-refractivity contribution in [2.45, 2.75) is 111 Å². The van der Waals surface area contributed by atoms with E-state index in [4.69, 9.17) is 16.3 Å². The average molecular weight is 449 g/mol. The first-order valence-corrected chi connectivity index (χ1v) is 13.6. The lowest BCUT2D eigenvalue weighted by atomic mass is 9.47. The molecular weight excluding hydrogens is 404 g/mol. The van der Waals surface area contributed by atoms with E-state index < -0.39 is 5.43 Å². The van der Waals surface area contributed by atoms with E-state index in [9.17, 15) is 4.79 Å². The Labute approximate surface area is 195 Å². The average Bonchev–Trinajstić information content (AvgIpc) is 3.05. The van der Waals surface area contributed by atoms with Gasteiger partial charge in [-0.15, -0.1) is 0 Å². The fraction of sp³-hybridized carbons (Fsp3) is 0.893. The third-order valence-electron chi connectivity index (χ3n) is 10.5. The highest BCUT2D eigenvalue weighted by atomic mass is 35.5. The van der Waals surface area contributed by atoms with Gasteiger partial charge in [0, 0.05) is 18.0 Å². The largest absolute Gasteiger partial charge is 0.450 e. The minimum atomic E-state index is -0.643. The molecule has 0 aromatic rings. The summed E-state index contributed by atoms with van der Waals surface area (Å²) >= 11 is 5.51. The van der Waals surface area contributed by atoms with Crippen LogP contribution in [0.15, 0.2) is 11.6 Å². The van der Waals surface area contributed by atoms with Gasteiger partial charge in [0.1, 0.15) is 6.10 Å². The molecule has 2 nitrogen and oxygen atoms in total. The summed E-state index contributed by atoms with van der Waals surface area (Å²) in [5.74, 6) is 5.19. The Morgan fingerprint density at radius 3 is 2.58 bits per heavy atom. The third-order valence-corrected chi connectivity index (χ3v) is 10.6. The standard InChI is InChI=1S/C28H45ClO2/c1-18(2)7-6-8-19(3)23-11-12-24-22-10-9-20-17-21(31-26(29)30)13-15-27(20,4)25(22)14-16-28(23,24)5/h9,18-19,21-25H,6-8,10-17H2,1-5H3/t19-,21-,22+,23-,24+,25+,27+,28-/m1/s1. The molecule has 0 heterocycles. The first-order valence-electron chi connectivity index (χ1n) is 13.2. The summed E-state index contributed by atoms with van der Waals surface area (Å²) < 4.78 is 5.38. The van der Waals surface area contributed by atoms with E-state index >= 15 is 0 Å². The van der Waals surface area contributed by atoms with Crippen molar-refractivity contribution in [1.82, 2.24) is 0 Å². The number of hydrogen-bond acceptors (Lipinski definition) is 2. The van der Waals surface area contributed by atoms with Gasteiger partial charge in [0.25, 0.3) is 0 Å². The van der Waals surface area contributed by atoms with Gasteiger partial charge in [0.05, 0.1) is 0 Å². The third kappa shape index (κ3) is 4.36. The van der Waals surface area contributed by atoms with Gasteiger partial charge in [-0.2, -0.15) is 0 Å². The number of fused-ring (bicyclic) bond motifs is 5. The molecule has 0 unspecified atom stereocenters. The number of hydrogen-bond donors (Lipinski definition) is 0. The predicted octanol–water partition coefficient (Wildman–Crippen LogP) is 8.77. The van der Waals surface area contributed by atoms with Crippen LogP contribution < -0.4 is 0 Å². The molecule has 0 N–H and O–H groups in total. The number of carbonyl (C=O) groups is 1. The fourth-order valence-electron chi connectivity index (χ4n) is 8.88. The summed E-state index contributed by atoms with van der Waals surface area (Å²) in [6.45, 7) is 12.5. The van der Waals surface area contributed by atoms with Crippen LogP contribution in [-0.4, -0.2) is 11.5 Å².